The summed E-state index contributed by atoms with van der Waals surface area (Å²) in [6.45, 7) is 3.84. The molecule has 104 valence electrons. The highest BCUT2D eigenvalue weighted by Gasteiger charge is 2.40. The van der Waals surface area contributed by atoms with Crippen molar-refractivity contribution in [1.29, 1.82) is 0 Å². The number of anilines is 1. The van der Waals surface area contributed by atoms with Crippen LogP contribution in [0.4, 0.5) is 10.1 Å². The summed E-state index contributed by atoms with van der Waals surface area (Å²) in [5.41, 5.74) is 8.23. The number of morpholine rings is 1. The van der Waals surface area contributed by atoms with Crippen molar-refractivity contribution in [2.75, 3.05) is 37.7 Å². The van der Waals surface area contributed by atoms with E-state index in [9.17, 15) is 4.39 Å². The first-order valence-electron chi connectivity index (χ1n) is 7.08. The number of hydrogen-bond acceptors (Lipinski definition) is 3. The molecule has 3 nitrogen and oxygen atoms in total. The van der Waals surface area contributed by atoms with Crippen molar-refractivity contribution in [3.63, 3.8) is 0 Å². The van der Waals surface area contributed by atoms with Gasteiger partial charge < -0.3 is 15.4 Å². The lowest BCUT2D eigenvalue weighted by molar-refractivity contribution is 0.122. The van der Waals surface area contributed by atoms with Crippen LogP contribution in [0, 0.1) is 5.82 Å². The van der Waals surface area contributed by atoms with Crippen LogP contribution in [0.15, 0.2) is 18.2 Å². The zero-order valence-corrected chi connectivity index (χ0v) is 11.2. The van der Waals surface area contributed by atoms with Gasteiger partial charge in [0.15, 0.2) is 0 Å². The molecule has 0 radical (unpaired) electrons. The second-order valence-corrected chi connectivity index (χ2v) is 5.60. The predicted molar refractivity (Wildman–Crippen MR) is 74.0 cm³/mol. The maximum absolute atomic E-state index is 13.7. The molecular formula is C15H21FN2O. The maximum Gasteiger partial charge on any atom is 0.123 e. The Morgan fingerprint density at radius 2 is 2.00 bits per heavy atom. The van der Waals surface area contributed by atoms with Crippen molar-refractivity contribution in [2.45, 2.75) is 24.7 Å². The van der Waals surface area contributed by atoms with Gasteiger partial charge in [-0.25, -0.2) is 4.39 Å². The van der Waals surface area contributed by atoms with Gasteiger partial charge in [-0.3, -0.25) is 0 Å². The first-order chi connectivity index (χ1) is 9.25. The normalized spacial score (nSPS) is 22.1. The monoisotopic (exact) mass is 264 g/mol. The van der Waals surface area contributed by atoms with E-state index in [1.54, 1.807) is 12.1 Å². The second-order valence-electron chi connectivity index (χ2n) is 5.60. The molecule has 0 amide bonds. The van der Waals surface area contributed by atoms with E-state index in [0.29, 0.717) is 6.54 Å². The van der Waals surface area contributed by atoms with Crippen LogP contribution in [-0.4, -0.2) is 32.8 Å². The average Bonchev–Trinajstić information content (AvgIpc) is 2.39. The third-order valence-corrected chi connectivity index (χ3v) is 4.58. The van der Waals surface area contributed by atoms with Crippen molar-refractivity contribution >= 4 is 5.69 Å². The zero-order chi connectivity index (χ0) is 13.3. The van der Waals surface area contributed by atoms with Crippen LogP contribution < -0.4 is 10.6 Å². The van der Waals surface area contributed by atoms with E-state index >= 15 is 0 Å². The average molecular weight is 264 g/mol. The van der Waals surface area contributed by atoms with Crippen LogP contribution in [0.5, 0.6) is 0 Å². The Kier molecular flexibility index (Phi) is 3.46. The molecule has 3 rings (SSSR count). The van der Waals surface area contributed by atoms with E-state index in [4.69, 9.17) is 10.5 Å². The molecule has 2 aliphatic rings. The minimum Gasteiger partial charge on any atom is -0.378 e. The molecule has 1 aliphatic heterocycles. The predicted octanol–water partition coefficient (Wildman–Crippen LogP) is 2.04. The number of nitrogens with two attached hydrogens (primary N) is 1. The number of hydrogen-bond donors (Lipinski definition) is 1. The van der Waals surface area contributed by atoms with Crippen LogP contribution in [0.1, 0.15) is 24.8 Å². The van der Waals surface area contributed by atoms with Gasteiger partial charge in [0, 0.05) is 30.7 Å². The van der Waals surface area contributed by atoms with Gasteiger partial charge in [0.1, 0.15) is 5.82 Å². The lowest BCUT2D eigenvalue weighted by Gasteiger charge is -2.44. The summed E-state index contributed by atoms with van der Waals surface area (Å²) in [5, 5.41) is 0. The van der Waals surface area contributed by atoms with Gasteiger partial charge in [0.05, 0.1) is 13.2 Å². The topological polar surface area (TPSA) is 38.5 Å². The molecule has 1 aliphatic carbocycles. The molecule has 0 spiro atoms. The van der Waals surface area contributed by atoms with Crippen molar-refractivity contribution in [2.24, 2.45) is 5.73 Å². The Bertz CT molecular complexity index is 448. The highest BCUT2D eigenvalue weighted by atomic mass is 19.1. The van der Waals surface area contributed by atoms with E-state index in [1.165, 1.54) is 6.42 Å². The number of ether oxygens (including phenoxy) is 1. The molecule has 19 heavy (non-hydrogen) atoms. The molecule has 0 unspecified atom stereocenters. The molecule has 0 bridgehead atoms. The highest BCUT2D eigenvalue weighted by Crippen LogP contribution is 2.46. The summed E-state index contributed by atoms with van der Waals surface area (Å²) in [5.74, 6) is -0.160. The molecule has 1 saturated heterocycles. The van der Waals surface area contributed by atoms with Gasteiger partial charge in [-0.05, 0) is 36.6 Å². The van der Waals surface area contributed by atoms with Gasteiger partial charge in [-0.2, -0.15) is 0 Å². The smallest absolute Gasteiger partial charge is 0.123 e. The quantitative estimate of drug-likeness (QED) is 0.908. The highest BCUT2D eigenvalue weighted by molar-refractivity contribution is 5.58. The van der Waals surface area contributed by atoms with E-state index in [0.717, 1.165) is 50.4 Å². The summed E-state index contributed by atoms with van der Waals surface area (Å²) in [6.07, 6.45) is 3.34. The largest absolute Gasteiger partial charge is 0.378 e. The molecule has 1 heterocycles. The van der Waals surface area contributed by atoms with Gasteiger partial charge in [-0.1, -0.05) is 6.42 Å². The molecular weight excluding hydrogens is 243 g/mol. The summed E-state index contributed by atoms with van der Waals surface area (Å²) >= 11 is 0. The lowest BCUT2D eigenvalue weighted by Crippen LogP contribution is -2.44. The fraction of sp³-hybridized carbons (Fsp3) is 0.600. The third kappa shape index (κ3) is 2.23. The minimum absolute atomic E-state index is 0.00423. The second kappa shape index (κ2) is 5.10. The molecule has 2 N–H and O–H groups in total. The van der Waals surface area contributed by atoms with Gasteiger partial charge in [0.2, 0.25) is 0 Å². The Hall–Kier alpha value is -1.13. The van der Waals surface area contributed by atoms with Gasteiger partial charge in [-0.15, -0.1) is 0 Å². The molecule has 1 aromatic carbocycles. The molecule has 2 fully saturated rings. The van der Waals surface area contributed by atoms with Crippen molar-refractivity contribution < 1.29 is 9.13 Å². The van der Waals surface area contributed by atoms with Crippen LogP contribution >= 0.6 is 0 Å². The minimum atomic E-state index is -0.160. The van der Waals surface area contributed by atoms with Crippen LogP contribution in [0.25, 0.3) is 0 Å². The Labute approximate surface area is 113 Å². The number of benzene rings is 1. The Morgan fingerprint density at radius 1 is 1.26 bits per heavy atom. The summed E-state index contributed by atoms with van der Waals surface area (Å²) in [6, 6.07) is 5.15. The van der Waals surface area contributed by atoms with Crippen molar-refractivity contribution in [3.05, 3.63) is 29.6 Å². The van der Waals surface area contributed by atoms with E-state index in [-0.39, 0.29) is 11.2 Å². The molecule has 1 aromatic rings. The van der Waals surface area contributed by atoms with Crippen LogP contribution in [-0.2, 0) is 10.2 Å². The van der Waals surface area contributed by atoms with Gasteiger partial charge in [0.25, 0.3) is 0 Å². The number of nitrogens with zero attached hydrogens (tertiary/aromatic N) is 1. The van der Waals surface area contributed by atoms with E-state index in [2.05, 4.69) is 4.90 Å². The fourth-order valence-corrected chi connectivity index (χ4v) is 3.20. The van der Waals surface area contributed by atoms with Crippen molar-refractivity contribution in [1.82, 2.24) is 0 Å². The molecule has 0 atom stereocenters. The van der Waals surface area contributed by atoms with E-state index in [1.807, 2.05) is 6.07 Å². The van der Waals surface area contributed by atoms with Crippen molar-refractivity contribution in [3.8, 4) is 0 Å². The molecule has 0 aromatic heterocycles. The van der Waals surface area contributed by atoms with Gasteiger partial charge >= 0.3 is 0 Å². The number of halogens is 1. The van der Waals surface area contributed by atoms with E-state index < -0.39 is 0 Å². The molecule has 4 heteroatoms. The summed E-state index contributed by atoms with van der Waals surface area (Å²) in [7, 11) is 0. The fourth-order valence-electron chi connectivity index (χ4n) is 3.20. The first kappa shape index (κ1) is 12.9. The summed E-state index contributed by atoms with van der Waals surface area (Å²) in [4.78, 5) is 2.30. The standard InChI is InChI=1S/C15H21FN2O/c16-12-2-3-14(18-6-8-19-9-7-18)13(10-12)15(11-17)4-1-5-15/h2-3,10H,1,4-9,11,17H2. The van der Waals surface area contributed by atoms with Crippen LogP contribution in [0.3, 0.4) is 0 Å². The molecule has 1 saturated carbocycles. The Morgan fingerprint density at radius 3 is 2.58 bits per heavy atom. The zero-order valence-electron chi connectivity index (χ0n) is 11.2. The maximum atomic E-state index is 13.7. The number of rotatable bonds is 3. The summed E-state index contributed by atoms with van der Waals surface area (Å²) < 4.78 is 19.1. The lowest BCUT2D eigenvalue weighted by atomic mass is 9.64. The first-order valence-corrected chi connectivity index (χ1v) is 7.08. The Balaban J connectivity index is 1.98. The third-order valence-electron chi connectivity index (χ3n) is 4.58. The van der Waals surface area contributed by atoms with Crippen LogP contribution in [0.2, 0.25) is 0 Å². The SMILES string of the molecule is NCC1(c2cc(F)ccc2N2CCOCC2)CCC1.